The summed E-state index contributed by atoms with van der Waals surface area (Å²) in [6, 6.07) is 5.71. The van der Waals surface area contributed by atoms with Crippen molar-refractivity contribution in [1.82, 2.24) is 9.80 Å². The topological polar surface area (TPSA) is 78.7 Å². The average Bonchev–Trinajstić information content (AvgIpc) is 2.63. The Balaban J connectivity index is 1.46. The second-order valence-electron chi connectivity index (χ2n) is 7.96. The maximum absolute atomic E-state index is 12.9. The highest BCUT2D eigenvalue weighted by atomic mass is 19.1. The van der Waals surface area contributed by atoms with Crippen LogP contribution in [0.2, 0.25) is 0 Å². The summed E-state index contributed by atoms with van der Waals surface area (Å²) >= 11 is 0. The number of halogens is 1. The normalized spacial score (nSPS) is 26.6. The summed E-state index contributed by atoms with van der Waals surface area (Å²) in [4.78, 5) is 29.0. The quantitative estimate of drug-likeness (QED) is 0.840. The third-order valence-corrected chi connectivity index (χ3v) is 5.73. The maximum atomic E-state index is 12.9. The van der Waals surface area contributed by atoms with Gasteiger partial charge in [0.05, 0.1) is 12.5 Å². The highest BCUT2D eigenvalue weighted by molar-refractivity contribution is 5.92. The van der Waals surface area contributed by atoms with Crippen LogP contribution in [0.4, 0.5) is 10.1 Å². The Kier molecular flexibility index (Phi) is 6.11. The van der Waals surface area contributed by atoms with Crippen molar-refractivity contribution in [3.8, 4) is 0 Å². The van der Waals surface area contributed by atoms with E-state index in [-0.39, 0.29) is 30.1 Å². The molecular formula is C20H29FN4O2. The van der Waals surface area contributed by atoms with E-state index in [1.54, 1.807) is 0 Å². The largest absolute Gasteiger partial charge is 0.340 e. The number of carbonyl (C=O) groups excluding carboxylic acids is 2. The third kappa shape index (κ3) is 5.05. The Morgan fingerprint density at radius 2 is 1.85 bits per heavy atom. The van der Waals surface area contributed by atoms with E-state index >= 15 is 0 Å². The molecule has 0 spiro atoms. The van der Waals surface area contributed by atoms with Gasteiger partial charge in [-0.15, -0.1) is 0 Å². The van der Waals surface area contributed by atoms with Crippen molar-refractivity contribution in [3.05, 3.63) is 30.1 Å². The number of benzene rings is 1. The summed E-state index contributed by atoms with van der Waals surface area (Å²) < 4.78 is 12.9. The van der Waals surface area contributed by atoms with E-state index in [9.17, 15) is 14.0 Å². The summed E-state index contributed by atoms with van der Waals surface area (Å²) in [6.07, 6.45) is 3.92. The highest BCUT2D eigenvalue weighted by Crippen LogP contribution is 2.33. The summed E-state index contributed by atoms with van der Waals surface area (Å²) in [5.74, 6) is -0.404. The number of hydrogen-bond donors (Lipinski definition) is 2. The Hall–Kier alpha value is -1.99. The Bertz CT molecular complexity index is 669. The van der Waals surface area contributed by atoms with Gasteiger partial charge in [0.25, 0.3) is 0 Å². The summed E-state index contributed by atoms with van der Waals surface area (Å²) in [5.41, 5.74) is 6.53. The average molecular weight is 376 g/mol. The van der Waals surface area contributed by atoms with Gasteiger partial charge in [-0.3, -0.25) is 14.5 Å². The van der Waals surface area contributed by atoms with E-state index in [1.165, 1.54) is 24.3 Å². The molecule has 1 aliphatic heterocycles. The predicted octanol–water partition coefficient (Wildman–Crippen LogP) is 1.82. The smallest absolute Gasteiger partial charge is 0.238 e. The molecule has 3 N–H and O–H groups in total. The lowest BCUT2D eigenvalue weighted by atomic mass is 9.74. The molecule has 1 saturated heterocycles. The monoisotopic (exact) mass is 376 g/mol. The van der Waals surface area contributed by atoms with Gasteiger partial charge in [-0.2, -0.15) is 0 Å². The number of carbonyl (C=O) groups is 2. The van der Waals surface area contributed by atoms with Gasteiger partial charge in [-0.1, -0.05) is 12.8 Å². The summed E-state index contributed by atoms with van der Waals surface area (Å²) in [6.45, 7) is 4.82. The lowest BCUT2D eigenvalue weighted by Gasteiger charge is -2.42. The first-order chi connectivity index (χ1) is 12.8. The van der Waals surface area contributed by atoms with Crippen LogP contribution in [-0.4, -0.2) is 59.9 Å². The fraction of sp³-hybridized carbons (Fsp3) is 0.600. The van der Waals surface area contributed by atoms with E-state index in [4.69, 9.17) is 5.73 Å². The van der Waals surface area contributed by atoms with E-state index < -0.39 is 5.54 Å². The number of nitrogens with two attached hydrogens (primary N) is 1. The third-order valence-electron chi connectivity index (χ3n) is 5.73. The van der Waals surface area contributed by atoms with Crippen LogP contribution in [0.1, 0.15) is 32.6 Å². The van der Waals surface area contributed by atoms with Crippen LogP contribution < -0.4 is 11.1 Å². The van der Waals surface area contributed by atoms with Crippen molar-refractivity contribution >= 4 is 17.5 Å². The zero-order valence-electron chi connectivity index (χ0n) is 15.9. The molecule has 0 bridgehead atoms. The first kappa shape index (κ1) is 19.8. The van der Waals surface area contributed by atoms with Gasteiger partial charge in [0.15, 0.2) is 0 Å². The van der Waals surface area contributed by atoms with Crippen LogP contribution >= 0.6 is 0 Å². The molecule has 148 valence electrons. The minimum Gasteiger partial charge on any atom is -0.340 e. The van der Waals surface area contributed by atoms with Crippen LogP contribution in [0.3, 0.4) is 0 Å². The molecule has 0 radical (unpaired) electrons. The first-order valence-corrected chi connectivity index (χ1v) is 9.70. The zero-order chi connectivity index (χ0) is 19.4. The molecule has 7 heteroatoms. The van der Waals surface area contributed by atoms with Crippen LogP contribution in [0.25, 0.3) is 0 Å². The molecule has 2 aliphatic rings. The number of nitrogens with one attached hydrogen (secondary N) is 1. The van der Waals surface area contributed by atoms with Crippen LogP contribution in [0.5, 0.6) is 0 Å². The Labute approximate surface area is 159 Å². The molecule has 27 heavy (non-hydrogen) atoms. The minimum atomic E-state index is -0.415. The van der Waals surface area contributed by atoms with Crippen molar-refractivity contribution in [2.75, 3.05) is 38.0 Å². The fourth-order valence-corrected chi connectivity index (χ4v) is 4.05. The second-order valence-corrected chi connectivity index (χ2v) is 7.96. The second kappa shape index (κ2) is 8.35. The molecule has 2 atom stereocenters. The highest BCUT2D eigenvalue weighted by Gasteiger charge is 2.40. The summed E-state index contributed by atoms with van der Waals surface area (Å²) in [7, 11) is 0. The van der Waals surface area contributed by atoms with Gasteiger partial charge in [0.2, 0.25) is 11.8 Å². The lowest BCUT2D eigenvalue weighted by molar-refractivity contribution is -0.140. The molecule has 1 heterocycles. The molecule has 0 aromatic heterocycles. The van der Waals surface area contributed by atoms with Crippen LogP contribution in [0.15, 0.2) is 24.3 Å². The predicted molar refractivity (Wildman–Crippen MR) is 103 cm³/mol. The maximum Gasteiger partial charge on any atom is 0.238 e. The molecule has 1 aromatic carbocycles. The van der Waals surface area contributed by atoms with Crippen molar-refractivity contribution in [1.29, 1.82) is 0 Å². The molecule has 2 unspecified atom stereocenters. The number of hydrogen-bond acceptors (Lipinski definition) is 4. The standard InChI is InChI=1S/C20H29FN4O2/c1-20(22)9-3-2-4-17(20)19(27)25-12-10-24(11-13-25)14-18(26)23-16-7-5-15(21)6-8-16/h5-8,17H,2-4,9-14,22H2,1H3,(H,23,26). The van der Waals surface area contributed by atoms with Gasteiger partial charge in [0, 0.05) is 37.4 Å². The van der Waals surface area contributed by atoms with Gasteiger partial charge in [-0.05, 0) is 44.0 Å². The van der Waals surface area contributed by atoms with Gasteiger partial charge < -0.3 is 16.0 Å². The van der Waals surface area contributed by atoms with E-state index in [1.807, 2.05) is 16.7 Å². The van der Waals surface area contributed by atoms with Crippen molar-refractivity contribution < 1.29 is 14.0 Å². The number of anilines is 1. The minimum absolute atomic E-state index is 0.0976. The van der Waals surface area contributed by atoms with Crippen LogP contribution in [-0.2, 0) is 9.59 Å². The number of rotatable bonds is 4. The van der Waals surface area contributed by atoms with Crippen molar-refractivity contribution in [2.45, 2.75) is 38.1 Å². The van der Waals surface area contributed by atoms with Gasteiger partial charge >= 0.3 is 0 Å². The van der Waals surface area contributed by atoms with E-state index in [0.717, 1.165) is 25.7 Å². The molecule has 1 aliphatic carbocycles. The molecule has 3 rings (SSSR count). The first-order valence-electron chi connectivity index (χ1n) is 9.70. The fourth-order valence-electron chi connectivity index (χ4n) is 4.05. The number of piperazine rings is 1. The van der Waals surface area contributed by atoms with Gasteiger partial charge in [-0.25, -0.2) is 4.39 Å². The molecule has 1 saturated carbocycles. The molecule has 2 amide bonds. The molecule has 2 fully saturated rings. The van der Waals surface area contributed by atoms with E-state index in [2.05, 4.69) is 5.32 Å². The van der Waals surface area contributed by atoms with Crippen LogP contribution in [0, 0.1) is 11.7 Å². The lowest BCUT2D eigenvalue weighted by Crippen LogP contribution is -2.57. The molecule has 6 nitrogen and oxygen atoms in total. The zero-order valence-corrected chi connectivity index (χ0v) is 15.9. The summed E-state index contributed by atoms with van der Waals surface area (Å²) in [5, 5.41) is 2.77. The van der Waals surface area contributed by atoms with E-state index in [0.29, 0.717) is 31.9 Å². The van der Waals surface area contributed by atoms with Gasteiger partial charge in [0.1, 0.15) is 5.82 Å². The Morgan fingerprint density at radius 1 is 1.19 bits per heavy atom. The van der Waals surface area contributed by atoms with Crippen molar-refractivity contribution in [2.24, 2.45) is 11.7 Å². The number of amides is 2. The molecular weight excluding hydrogens is 347 g/mol. The Morgan fingerprint density at radius 3 is 2.48 bits per heavy atom. The number of nitrogens with zero attached hydrogens (tertiary/aromatic N) is 2. The molecule has 1 aromatic rings. The van der Waals surface area contributed by atoms with Crippen molar-refractivity contribution in [3.63, 3.8) is 0 Å². The SMILES string of the molecule is CC1(N)CCCCC1C(=O)N1CCN(CC(=O)Nc2ccc(F)cc2)CC1.